The minimum Gasteiger partial charge on any atom is -0.480 e. The molecule has 0 radical (unpaired) electrons. The summed E-state index contributed by atoms with van der Waals surface area (Å²) in [6.45, 7) is 3.15. The van der Waals surface area contributed by atoms with Gasteiger partial charge in [0.2, 0.25) is 0 Å². The summed E-state index contributed by atoms with van der Waals surface area (Å²) < 4.78 is 5.82. The van der Waals surface area contributed by atoms with Crippen LogP contribution in [0.5, 0.6) is 5.75 Å². The molecule has 1 atom stereocenters. The normalized spacial score (nSPS) is 19.8. The van der Waals surface area contributed by atoms with Crippen molar-refractivity contribution in [2.45, 2.75) is 12.5 Å². The maximum absolute atomic E-state index is 12.7. The molecule has 0 saturated carbocycles. The second-order valence-corrected chi connectivity index (χ2v) is 6.65. The summed E-state index contributed by atoms with van der Waals surface area (Å²) >= 11 is 6.02. The Balaban J connectivity index is 1.37. The number of nitrogens with zero attached hydrogens (tertiary/aromatic N) is 2. The zero-order chi connectivity index (χ0) is 16.5. The summed E-state index contributed by atoms with van der Waals surface area (Å²) in [5, 5.41) is 0.682. The Hall–Kier alpha value is -2.20. The zero-order valence-electron chi connectivity index (χ0n) is 13.3. The molecule has 124 valence electrons. The third-order valence-electron chi connectivity index (χ3n) is 4.69. The van der Waals surface area contributed by atoms with E-state index in [1.165, 1.54) is 5.69 Å². The Bertz CT molecular complexity index is 742. The molecule has 2 heterocycles. The highest BCUT2D eigenvalue weighted by molar-refractivity contribution is 6.30. The van der Waals surface area contributed by atoms with Crippen molar-refractivity contribution in [3.8, 4) is 5.75 Å². The number of fused-ring (bicyclic) bond motifs is 1. The van der Waals surface area contributed by atoms with Gasteiger partial charge in [0.1, 0.15) is 5.75 Å². The number of para-hydroxylation sites is 1. The van der Waals surface area contributed by atoms with E-state index in [1.807, 2.05) is 35.2 Å². The molecule has 1 amide bonds. The smallest absolute Gasteiger partial charge is 0.264 e. The number of benzene rings is 2. The Morgan fingerprint density at radius 3 is 2.54 bits per heavy atom. The van der Waals surface area contributed by atoms with Gasteiger partial charge in [-0.2, -0.15) is 0 Å². The van der Waals surface area contributed by atoms with Gasteiger partial charge in [0.25, 0.3) is 5.91 Å². The molecule has 4 nitrogen and oxygen atoms in total. The highest BCUT2D eigenvalue weighted by atomic mass is 35.5. The lowest BCUT2D eigenvalue weighted by Gasteiger charge is -2.36. The summed E-state index contributed by atoms with van der Waals surface area (Å²) in [4.78, 5) is 17.0. The molecule has 0 unspecified atom stereocenters. The van der Waals surface area contributed by atoms with E-state index in [9.17, 15) is 4.79 Å². The van der Waals surface area contributed by atoms with Gasteiger partial charge < -0.3 is 14.5 Å². The maximum Gasteiger partial charge on any atom is 0.264 e. The minimum absolute atomic E-state index is 0.0787. The number of rotatable bonds is 2. The van der Waals surface area contributed by atoms with Crippen LogP contribution in [0, 0.1) is 0 Å². The standard InChI is InChI=1S/C19H19ClN2O2/c20-15-6-7-17-14(12-15)13-18(24-17)19(23)22-10-8-21(9-11-22)16-4-2-1-3-5-16/h1-7,12,18H,8-11,13H2/t18-/m1/s1. The predicted octanol–water partition coefficient (Wildman–Crippen LogP) is 2.99. The molecule has 2 aromatic rings. The van der Waals surface area contributed by atoms with Gasteiger partial charge in [0.15, 0.2) is 6.10 Å². The largest absolute Gasteiger partial charge is 0.480 e. The van der Waals surface area contributed by atoms with Gasteiger partial charge in [-0.05, 0) is 35.9 Å². The van der Waals surface area contributed by atoms with Crippen molar-refractivity contribution < 1.29 is 9.53 Å². The van der Waals surface area contributed by atoms with Crippen molar-refractivity contribution in [2.24, 2.45) is 0 Å². The van der Waals surface area contributed by atoms with Crippen molar-refractivity contribution >= 4 is 23.2 Å². The third kappa shape index (κ3) is 2.94. The Morgan fingerprint density at radius 2 is 1.79 bits per heavy atom. The first kappa shape index (κ1) is 15.3. The van der Waals surface area contributed by atoms with Gasteiger partial charge in [-0.3, -0.25) is 4.79 Å². The van der Waals surface area contributed by atoms with Crippen LogP contribution in [0.4, 0.5) is 5.69 Å². The minimum atomic E-state index is -0.415. The number of halogens is 1. The number of amides is 1. The molecule has 4 rings (SSSR count). The average molecular weight is 343 g/mol. The first-order chi connectivity index (χ1) is 11.7. The van der Waals surface area contributed by atoms with Gasteiger partial charge >= 0.3 is 0 Å². The van der Waals surface area contributed by atoms with Crippen LogP contribution in [-0.2, 0) is 11.2 Å². The Morgan fingerprint density at radius 1 is 1.04 bits per heavy atom. The van der Waals surface area contributed by atoms with Gasteiger partial charge in [-0.1, -0.05) is 29.8 Å². The van der Waals surface area contributed by atoms with Crippen LogP contribution in [0.25, 0.3) is 0 Å². The van der Waals surface area contributed by atoms with E-state index in [4.69, 9.17) is 16.3 Å². The molecular weight excluding hydrogens is 324 g/mol. The Labute approximate surface area is 146 Å². The molecule has 0 bridgehead atoms. The van der Waals surface area contributed by atoms with Gasteiger partial charge in [-0.25, -0.2) is 0 Å². The summed E-state index contributed by atoms with van der Waals surface area (Å²) in [6, 6.07) is 15.9. The van der Waals surface area contributed by atoms with Crippen molar-refractivity contribution in [3.63, 3.8) is 0 Å². The molecule has 2 aromatic carbocycles. The number of ether oxygens (including phenoxy) is 1. The SMILES string of the molecule is O=C([C@H]1Cc2cc(Cl)ccc2O1)N1CCN(c2ccccc2)CC1. The summed E-state index contributed by atoms with van der Waals surface area (Å²) in [5.74, 6) is 0.857. The third-order valence-corrected chi connectivity index (χ3v) is 4.92. The van der Waals surface area contributed by atoms with Crippen molar-refractivity contribution in [1.82, 2.24) is 4.90 Å². The highest BCUT2D eigenvalue weighted by Gasteiger charge is 2.33. The summed E-state index contributed by atoms with van der Waals surface area (Å²) in [5.41, 5.74) is 2.23. The highest BCUT2D eigenvalue weighted by Crippen LogP contribution is 2.32. The van der Waals surface area contributed by atoms with Crippen molar-refractivity contribution in [1.29, 1.82) is 0 Å². The molecule has 24 heavy (non-hydrogen) atoms. The van der Waals surface area contributed by atoms with E-state index in [1.54, 1.807) is 6.07 Å². The van der Waals surface area contributed by atoms with Crippen LogP contribution < -0.4 is 9.64 Å². The van der Waals surface area contributed by atoms with E-state index < -0.39 is 6.10 Å². The first-order valence-corrected chi connectivity index (χ1v) is 8.62. The molecule has 0 spiro atoms. The fourth-order valence-electron chi connectivity index (χ4n) is 3.38. The number of anilines is 1. The lowest BCUT2D eigenvalue weighted by molar-refractivity contribution is -0.138. The second-order valence-electron chi connectivity index (χ2n) is 6.21. The van der Waals surface area contributed by atoms with Crippen LogP contribution in [0.15, 0.2) is 48.5 Å². The van der Waals surface area contributed by atoms with Gasteiger partial charge in [0, 0.05) is 43.3 Å². The fourth-order valence-corrected chi connectivity index (χ4v) is 3.58. The molecule has 1 saturated heterocycles. The molecule has 1 fully saturated rings. The van der Waals surface area contributed by atoms with E-state index in [0.29, 0.717) is 11.4 Å². The molecule has 0 aliphatic carbocycles. The second kappa shape index (κ2) is 6.36. The lowest BCUT2D eigenvalue weighted by atomic mass is 10.1. The van der Waals surface area contributed by atoms with Crippen LogP contribution >= 0.6 is 11.6 Å². The number of hydrogen-bond donors (Lipinski definition) is 0. The molecule has 5 heteroatoms. The van der Waals surface area contributed by atoms with Crippen LogP contribution in [-0.4, -0.2) is 43.1 Å². The molecule has 0 N–H and O–H groups in total. The van der Waals surface area contributed by atoms with Gasteiger partial charge in [-0.15, -0.1) is 0 Å². The van der Waals surface area contributed by atoms with E-state index in [2.05, 4.69) is 17.0 Å². The maximum atomic E-state index is 12.7. The lowest BCUT2D eigenvalue weighted by Crippen LogP contribution is -2.52. The fraction of sp³-hybridized carbons (Fsp3) is 0.316. The molecule has 0 aromatic heterocycles. The van der Waals surface area contributed by atoms with Crippen LogP contribution in [0.1, 0.15) is 5.56 Å². The zero-order valence-corrected chi connectivity index (χ0v) is 14.1. The molecular formula is C19H19ClN2O2. The first-order valence-electron chi connectivity index (χ1n) is 8.24. The van der Waals surface area contributed by atoms with Gasteiger partial charge in [0.05, 0.1) is 0 Å². The monoisotopic (exact) mass is 342 g/mol. The van der Waals surface area contributed by atoms with E-state index in [0.717, 1.165) is 37.5 Å². The number of carbonyl (C=O) groups is 1. The van der Waals surface area contributed by atoms with Crippen molar-refractivity contribution in [2.75, 3.05) is 31.1 Å². The summed E-state index contributed by atoms with van der Waals surface area (Å²) in [6.07, 6.45) is 0.190. The van der Waals surface area contributed by atoms with Crippen molar-refractivity contribution in [3.05, 3.63) is 59.1 Å². The topological polar surface area (TPSA) is 32.8 Å². The van der Waals surface area contributed by atoms with E-state index in [-0.39, 0.29) is 5.91 Å². The predicted molar refractivity (Wildman–Crippen MR) is 94.8 cm³/mol. The average Bonchev–Trinajstić information content (AvgIpc) is 3.05. The summed E-state index contributed by atoms with van der Waals surface area (Å²) in [7, 11) is 0. The number of carbonyl (C=O) groups excluding carboxylic acids is 1. The number of hydrogen-bond acceptors (Lipinski definition) is 3. The number of piperazine rings is 1. The quantitative estimate of drug-likeness (QED) is 0.841. The van der Waals surface area contributed by atoms with Crippen LogP contribution in [0.2, 0.25) is 5.02 Å². The molecule has 2 aliphatic heterocycles. The Kier molecular flexibility index (Phi) is 4.07. The van der Waals surface area contributed by atoms with Crippen LogP contribution in [0.3, 0.4) is 0 Å². The van der Waals surface area contributed by atoms with E-state index >= 15 is 0 Å². The molecule has 2 aliphatic rings.